The number of para-hydroxylation sites is 1. The first-order chi connectivity index (χ1) is 13.7. The highest BCUT2D eigenvalue weighted by molar-refractivity contribution is 6.05. The van der Waals surface area contributed by atoms with Crippen LogP contribution in [-0.4, -0.2) is 29.4 Å². The average Bonchev–Trinajstić information content (AvgIpc) is 2.67. The Morgan fingerprint density at radius 3 is 2.59 bits per heavy atom. The van der Waals surface area contributed by atoms with Gasteiger partial charge >= 0.3 is 5.97 Å². The third-order valence-corrected chi connectivity index (χ3v) is 5.40. The normalized spacial score (nSPS) is 16.1. The molecular weight excluding hydrogens is 370 g/mol. The molecule has 1 aliphatic rings. The third-order valence-electron chi connectivity index (χ3n) is 5.40. The van der Waals surface area contributed by atoms with Crippen LogP contribution < -0.4 is 10.9 Å². The molecule has 0 fully saturated rings. The molecule has 0 radical (unpaired) electrons. The van der Waals surface area contributed by atoms with Crippen LogP contribution in [-0.2, 0) is 27.2 Å². The van der Waals surface area contributed by atoms with E-state index in [0.717, 1.165) is 41.4 Å². The fourth-order valence-electron chi connectivity index (χ4n) is 3.76. The molecule has 2 N–H and O–H groups in total. The summed E-state index contributed by atoms with van der Waals surface area (Å²) in [5.41, 5.74) is 7.56. The van der Waals surface area contributed by atoms with E-state index in [2.05, 4.69) is 31.6 Å². The summed E-state index contributed by atoms with van der Waals surface area (Å²) in [7, 11) is 0. The van der Waals surface area contributed by atoms with Gasteiger partial charge in [0.25, 0.3) is 5.91 Å². The molecule has 0 saturated heterocycles. The van der Waals surface area contributed by atoms with Gasteiger partial charge < -0.3 is 4.74 Å². The maximum Gasteiger partial charge on any atom is 0.339 e. The van der Waals surface area contributed by atoms with Gasteiger partial charge in [0, 0.05) is 18.0 Å². The molecule has 0 aliphatic heterocycles. The second-order valence-electron chi connectivity index (χ2n) is 8.54. The summed E-state index contributed by atoms with van der Waals surface area (Å²) in [6, 6.07) is 7.49. The molecule has 1 aromatic carbocycles. The molecule has 0 unspecified atom stereocenters. The summed E-state index contributed by atoms with van der Waals surface area (Å²) in [6.07, 6.45) is 2.58. The number of hydrogen-bond donors (Lipinski definition) is 2. The molecule has 0 spiro atoms. The number of aryl methyl sites for hydroxylation is 1. The second kappa shape index (κ2) is 8.19. The van der Waals surface area contributed by atoms with Crippen LogP contribution in [0.5, 0.6) is 0 Å². The van der Waals surface area contributed by atoms with Crippen LogP contribution >= 0.6 is 0 Å². The topological polar surface area (TPSA) is 97.4 Å². The van der Waals surface area contributed by atoms with E-state index in [1.165, 1.54) is 6.92 Å². The Morgan fingerprint density at radius 2 is 1.90 bits per heavy atom. The molecule has 2 aromatic rings. The van der Waals surface area contributed by atoms with Crippen LogP contribution in [0.1, 0.15) is 55.7 Å². The fourth-order valence-corrected chi connectivity index (χ4v) is 3.76. The van der Waals surface area contributed by atoms with Gasteiger partial charge in [-0.05, 0) is 42.2 Å². The van der Waals surface area contributed by atoms with Crippen molar-refractivity contribution in [3.8, 4) is 0 Å². The van der Waals surface area contributed by atoms with Gasteiger partial charge in [0.05, 0.1) is 11.1 Å². The predicted molar refractivity (Wildman–Crippen MR) is 109 cm³/mol. The Hall–Kier alpha value is -2.96. The van der Waals surface area contributed by atoms with Crippen molar-refractivity contribution in [2.24, 2.45) is 11.3 Å². The zero-order chi connectivity index (χ0) is 21.2. The van der Waals surface area contributed by atoms with E-state index in [1.54, 1.807) is 0 Å². The van der Waals surface area contributed by atoms with Crippen LogP contribution in [0.2, 0.25) is 0 Å². The SMILES string of the molecule is CC(=O)NNC(=O)COC(=O)c1c2c(nc3ccccc13)CC[C@H](C(C)(C)C)C2. The highest BCUT2D eigenvalue weighted by Crippen LogP contribution is 2.39. The number of nitrogens with one attached hydrogen (secondary N) is 2. The molecule has 1 heterocycles. The molecule has 0 bridgehead atoms. The van der Waals surface area contributed by atoms with E-state index < -0.39 is 24.4 Å². The zero-order valence-electron chi connectivity index (χ0n) is 17.3. The molecule has 7 heteroatoms. The molecule has 2 amide bonds. The van der Waals surface area contributed by atoms with Gasteiger partial charge in [0.15, 0.2) is 6.61 Å². The number of esters is 1. The number of carbonyl (C=O) groups excluding carboxylic acids is 3. The number of benzene rings is 1. The first-order valence-corrected chi connectivity index (χ1v) is 9.80. The van der Waals surface area contributed by atoms with Crippen LogP contribution in [0.25, 0.3) is 10.9 Å². The van der Waals surface area contributed by atoms with Crippen LogP contribution in [0.4, 0.5) is 0 Å². The third kappa shape index (κ3) is 4.72. The summed E-state index contributed by atoms with van der Waals surface area (Å²) >= 11 is 0. The summed E-state index contributed by atoms with van der Waals surface area (Å²) in [6.45, 7) is 7.42. The van der Waals surface area contributed by atoms with Crippen molar-refractivity contribution in [2.45, 2.75) is 47.0 Å². The van der Waals surface area contributed by atoms with Crippen molar-refractivity contribution in [3.05, 3.63) is 41.1 Å². The number of pyridine rings is 1. The minimum absolute atomic E-state index is 0.114. The van der Waals surface area contributed by atoms with Crippen molar-refractivity contribution in [1.82, 2.24) is 15.8 Å². The van der Waals surface area contributed by atoms with Gasteiger partial charge in [-0.25, -0.2) is 4.79 Å². The van der Waals surface area contributed by atoms with Gasteiger partial charge in [0.1, 0.15) is 0 Å². The molecule has 7 nitrogen and oxygen atoms in total. The minimum Gasteiger partial charge on any atom is -0.452 e. The first kappa shape index (κ1) is 20.8. The Labute approximate surface area is 170 Å². The maximum atomic E-state index is 13.0. The predicted octanol–water partition coefficient (Wildman–Crippen LogP) is 2.71. The quantitative estimate of drug-likeness (QED) is 0.613. The number of rotatable bonds is 3. The molecule has 29 heavy (non-hydrogen) atoms. The molecule has 0 saturated carbocycles. The number of fused-ring (bicyclic) bond motifs is 2. The fraction of sp³-hybridized carbons (Fsp3) is 0.455. The van der Waals surface area contributed by atoms with E-state index in [9.17, 15) is 14.4 Å². The summed E-state index contributed by atoms with van der Waals surface area (Å²) < 4.78 is 5.29. The van der Waals surface area contributed by atoms with E-state index in [1.807, 2.05) is 24.3 Å². The Bertz CT molecular complexity index is 962. The lowest BCUT2D eigenvalue weighted by molar-refractivity contribution is -0.129. The van der Waals surface area contributed by atoms with E-state index in [4.69, 9.17) is 9.72 Å². The smallest absolute Gasteiger partial charge is 0.339 e. The van der Waals surface area contributed by atoms with Gasteiger partial charge in [-0.1, -0.05) is 39.0 Å². The highest BCUT2D eigenvalue weighted by Gasteiger charge is 2.33. The lowest BCUT2D eigenvalue weighted by Gasteiger charge is -2.35. The molecule has 154 valence electrons. The van der Waals surface area contributed by atoms with Gasteiger partial charge in [-0.15, -0.1) is 0 Å². The van der Waals surface area contributed by atoms with E-state index in [0.29, 0.717) is 11.5 Å². The Kier molecular flexibility index (Phi) is 5.86. The minimum atomic E-state index is -0.603. The van der Waals surface area contributed by atoms with Crippen molar-refractivity contribution in [1.29, 1.82) is 0 Å². The average molecular weight is 397 g/mol. The standard InChI is InChI=1S/C22H27N3O4/c1-13(26)24-25-19(27)12-29-21(28)20-15-7-5-6-8-17(15)23-18-10-9-14(11-16(18)20)22(2,3)4/h5-8,14H,9-12H2,1-4H3,(H,24,26)(H,25,27)/t14-/m0/s1. The van der Waals surface area contributed by atoms with E-state index >= 15 is 0 Å². The monoisotopic (exact) mass is 397 g/mol. The molecule has 1 atom stereocenters. The Morgan fingerprint density at radius 1 is 1.17 bits per heavy atom. The number of aromatic nitrogens is 1. The summed E-state index contributed by atoms with van der Waals surface area (Å²) in [4.78, 5) is 40.5. The van der Waals surface area contributed by atoms with Crippen molar-refractivity contribution in [2.75, 3.05) is 6.61 Å². The number of carbonyl (C=O) groups is 3. The summed E-state index contributed by atoms with van der Waals surface area (Å²) in [5, 5.41) is 0.730. The van der Waals surface area contributed by atoms with Gasteiger partial charge in [-0.2, -0.15) is 0 Å². The molecular formula is C22H27N3O4. The zero-order valence-corrected chi connectivity index (χ0v) is 17.3. The number of amides is 2. The lowest BCUT2D eigenvalue weighted by Crippen LogP contribution is -2.42. The van der Waals surface area contributed by atoms with Crippen molar-refractivity contribution < 1.29 is 19.1 Å². The number of hydrazine groups is 1. The van der Waals surface area contributed by atoms with Gasteiger partial charge in [0.2, 0.25) is 5.91 Å². The molecule has 1 aromatic heterocycles. The molecule has 1 aliphatic carbocycles. The van der Waals surface area contributed by atoms with E-state index in [-0.39, 0.29) is 5.41 Å². The van der Waals surface area contributed by atoms with Crippen molar-refractivity contribution >= 4 is 28.7 Å². The van der Waals surface area contributed by atoms with Crippen molar-refractivity contribution in [3.63, 3.8) is 0 Å². The highest BCUT2D eigenvalue weighted by atomic mass is 16.5. The number of nitrogens with zero attached hydrogens (tertiary/aromatic N) is 1. The van der Waals surface area contributed by atoms with Gasteiger partial charge in [-0.3, -0.25) is 25.4 Å². The number of hydrogen-bond acceptors (Lipinski definition) is 5. The summed E-state index contributed by atoms with van der Waals surface area (Å²) in [5.74, 6) is -1.14. The lowest BCUT2D eigenvalue weighted by atomic mass is 9.70. The molecule has 3 rings (SSSR count). The number of ether oxygens (including phenoxy) is 1. The first-order valence-electron chi connectivity index (χ1n) is 9.80. The Balaban J connectivity index is 1.92. The van der Waals surface area contributed by atoms with Crippen LogP contribution in [0.15, 0.2) is 24.3 Å². The maximum absolute atomic E-state index is 13.0. The van der Waals surface area contributed by atoms with Crippen LogP contribution in [0, 0.1) is 11.3 Å². The van der Waals surface area contributed by atoms with Crippen LogP contribution in [0.3, 0.4) is 0 Å². The second-order valence-corrected chi connectivity index (χ2v) is 8.54. The largest absolute Gasteiger partial charge is 0.452 e.